The molecule has 0 aliphatic rings. The molecule has 3 aromatic rings. The monoisotopic (exact) mass is 352 g/mol. The van der Waals surface area contributed by atoms with E-state index in [0.717, 1.165) is 12.5 Å². The van der Waals surface area contributed by atoms with Crippen LogP contribution in [0.1, 0.15) is 28.7 Å². The van der Waals surface area contributed by atoms with E-state index in [0.29, 0.717) is 17.1 Å². The molecule has 3 rings (SSSR count). The maximum absolute atomic E-state index is 12.7. The summed E-state index contributed by atoms with van der Waals surface area (Å²) in [5.41, 5.74) is 2.13. The van der Waals surface area contributed by atoms with Gasteiger partial charge in [-0.15, -0.1) is 0 Å². The van der Waals surface area contributed by atoms with Crippen molar-refractivity contribution in [2.24, 2.45) is 0 Å². The summed E-state index contributed by atoms with van der Waals surface area (Å²) in [4.78, 5) is 16.6. The Kier molecular flexibility index (Phi) is 4.02. The molecule has 6 nitrogen and oxygen atoms in total. The first kappa shape index (κ1) is 17.0. The molecule has 3 heterocycles. The Bertz CT molecular complexity index is 943. The number of aryl methyl sites for hydroxylation is 2. The minimum absolute atomic E-state index is 0.0257. The zero-order chi connectivity index (χ0) is 18.4. The van der Waals surface area contributed by atoms with E-state index < -0.39 is 18.1 Å². The molecule has 0 aromatic carbocycles. The fraction of sp³-hybridized carbons (Fsp3) is 0.312. The van der Waals surface area contributed by atoms with Gasteiger partial charge in [-0.1, -0.05) is 0 Å². The van der Waals surface area contributed by atoms with Crippen LogP contribution in [0.3, 0.4) is 0 Å². The number of amides is 1. The van der Waals surface area contributed by atoms with Crippen LogP contribution in [0.25, 0.3) is 16.9 Å². The van der Waals surface area contributed by atoms with E-state index in [-0.39, 0.29) is 11.2 Å². The molecule has 0 spiro atoms. The number of hydrogen-bond acceptors (Lipinski definition) is 4. The number of hydrogen-bond donors (Lipinski definition) is 1. The highest BCUT2D eigenvalue weighted by Crippen LogP contribution is 2.25. The van der Waals surface area contributed by atoms with Crippen LogP contribution >= 0.6 is 0 Å². The summed E-state index contributed by atoms with van der Waals surface area (Å²) in [7, 11) is 0. The Balaban J connectivity index is 2.04. The van der Waals surface area contributed by atoms with Gasteiger partial charge in [-0.05, 0) is 32.9 Å². The standard InChI is InChI=1S/C16H15F3N4O2/c1-8-6-13(11-4-5-25-9(11)2)22-14-12(7-20-23(8)14)15(24)21-10(3)16(17,18)19/h4-7,10H,1-3H3,(H,21,24)/t10-/m1/s1. The number of aromatic nitrogens is 3. The summed E-state index contributed by atoms with van der Waals surface area (Å²) in [5.74, 6) is -0.236. The van der Waals surface area contributed by atoms with Gasteiger partial charge in [0.25, 0.3) is 5.91 Å². The van der Waals surface area contributed by atoms with Crippen molar-refractivity contribution in [3.63, 3.8) is 0 Å². The number of nitrogens with zero attached hydrogens (tertiary/aromatic N) is 3. The van der Waals surface area contributed by atoms with Gasteiger partial charge in [0, 0.05) is 11.3 Å². The first-order valence-electron chi connectivity index (χ1n) is 7.46. The molecule has 1 amide bonds. The summed E-state index contributed by atoms with van der Waals surface area (Å²) in [6.45, 7) is 4.41. The average Bonchev–Trinajstić information content (AvgIpc) is 3.12. The first-order chi connectivity index (χ1) is 11.7. The molecule has 0 unspecified atom stereocenters. The van der Waals surface area contributed by atoms with E-state index in [1.807, 2.05) is 5.32 Å². The van der Waals surface area contributed by atoms with Gasteiger partial charge in [0.1, 0.15) is 17.4 Å². The average molecular weight is 352 g/mol. The van der Waals surface area contributed by atoms with E-state index in [2.05, 4.69) is 10.1 Å². The number of furan rings is 1. The van der Waals surface area contributed by atoms with Gasteiger partial charge in [-0.25, -0.2) is 9.50 Å². The van der Waals surface area contributed by atoms with Crippen molar-refractivity contribution in [3.05, 3.63) is 41.6 Å². The lowest BCUT2D eigenvalue weighted by Gasteiger charge is -2.16. The highest BCUT2D eigenvalue weighted by molar-refractivity contribution is 6.00. The minimum atomic E-state index is -4.53. The SMILES string of the molecule is Cc1occc1-c1cc(C)n2ncc(C(=O)N[C@H](C)C(F)(F)F)c2n1. The van der Waals surface area contributed by atoms with E-state index in [1.165, 1.54) is 17.0 Å². The highest BCUT2D eigenvalue weighted by atomic mass is 19.4. The van der Waals surface area contributed by atoms with Crippen LogP contribution in [0.5, 0.6) is 0 Å². The van der Waals surface area contributed by atoms with Crippen LogP contribution in [-0.4, -0.2) is 32.7 Å². The number of carbonyl (C=O) groups excluding carboxylic acids is 1. The van der Waals surface area contributed by atoms with Crippen molar-refractivity contribution in [2.75, 3.05) is 0 Å². The third kappa shape index (κ3) is 3.09. The second-order valence-electron chi connectivity index (χ2n) is 5.70. The van der Waals surface area contributed by atoms with Gasteiger partial charge in [0.2, 0.25) is 0 Å². The van der Waals surface area contributed by atoms with Crippen LogP contribution in [0.15, 0.2) is 29.0 Å². The van der Waals surface area contributed by atoms with Crippen molar-refractivity contribution in [2.45, 2.75) is 33.0 Å². The quantitative estimate of drug-likeness (QED) is 0.785. The maximum Gasteiger partial charge on any atom is 0.408 e. The number of carbonyl (C=O) groups is 1. The second-order valence-corrected chi connectivity index (χ2v) is 5.70. The van der Waals surface area contributed by atoms with Crippen LogP contribution in [-0.2, 0) is 0 Å². The van der Waals surface area contributed by atoms with Crippen molar-refractivity contribution in [1.82, 2.24) is 19.9 Å². The fourth-order valence-corrected chi connectivity index (χ4v) is 2.42. The molecule has 0 aliphatic heterocycles. The molecule has 25 heavy (non-hydrogen) atoms. The minimum Gasteiger partial charge on any atom is -0.469 e. The van der Waals surface area contributed by atoms with Crippen molar-refractivity contribution >= 4 is 11.6 Å². The molecule has 132 valence electrons. The predicted molar refractivity (Wildman–Crippen MR) is 83.1 cm³/mol. The van der Waals surface area contributed by atoms with Crippen LogP contribution in [0.4, 0.5) is 13.2 Å². The van der Waals surface area contributed by atoms with Crippen molar-refractivity contribution < 1.29 is 22.4 Å². The van der Waals surface area contributed by atoms with Crippen LogP contribution in [0.2, 0.25) is 0 Å². The number of nitrogens with one attached hydrogen (secondary N) is 1. The summed E-state index contributed by atoms with van der Waals surface area (Å²) in [6.07, 6.45) is -1.80. The number of halogens is 3. The molecule has 3 aromatic heterocycles. The molecule has 0 radical (unpaired) electrons. The van der Waals surface area contributed by atoms with E-state index in [1.54, 1.807) is 26.0 Å². The molecule has 9 heteroatoms. The molecule has 1 atom stereocenters. The Morgan fingerprint density at radius 3 is 2.68 bits per heavy atom. The van der Waals surface area contributed by atoms with Gasteiger partial charge >= 0.3 is 6.18 Å². The summed E-state index contributed by atoms with van der Waals surface area (Å²) in [5, 5.41) is 5.97. The Morgan fingerprint density at radius 1 is 1.36 bits per heavy atom. The van der Waals surface area contributed by atoms with Gasteiger partial charge < -0.3 is 9.73 Å². The molecular weight excluding hydrogens is 337 g/mol. The number of alkyl halides is 3. The molecule has 0 bridgehead atoms. The van der Waals surface area contributed by atoms with Gasteiger partial charge in [0.15, 0.2) is 5.65 Å². The first-order valence-corrected chi connectivity index (χ1v) is 7.46. The zero-order valence-electron chi connectivity index (χ0n) is 13.7. The normalized spacial score (nSPS) is 13.2. The lowest BCUT2D eigenvalue weighted by atomic mass is 10.1. The Morgan fingerprint density at radius 2 is 2.08 bits per heavy atom. The van der Waals surface area contributed by atoms with Gasteiger partial charge in [-0.2, -0.15) is 18.3 Å². The number of rotatable bonds is 3. The molecule has 0 saturated heterocycles. The fourth-order valence-electron chi connectivity index (χ4n) is 2.42. The summed E-state index contributed by atoms with van der Waals surface area (Å²) >= 11 is 0. The summed E-state index contributed by atoms with van der Waals surface area (Å²) < 4.78 is 44.6. The maximum atomic E-state index is 12.7. The Labute approximate surface area is 140 Å². The van der Waals surface area contributed by atoms with Crippen LogP contribution < -0.4 is 5.32 Å². The molecule has 0 aliphatic carbocycles. The van der Waals surface area contributed by atoms with E-state index in [4.69, 9.17) is 4.42 Å². The van der Waals surface area contributed by atoms with Crippen molar-refractivity contribution in [3.8, 4) is 11.3 Å². The molecular formula is C16H15F3N4O2. The molecule has 0 saturated carbocycles. The zero-order valence-corrected chi connectivity index (χ0v) is 13.7. The third-order valence-electron chi connectivity index (χ3n) is 3.87. The van der Waals surface area contributed by atoms with E-state index in [9.17, 15) is 18.0 Å². The summed E-state index contributed by atoms with van der Waals surface area (Å²) in [6, 6.07) is 1.52. The number of fused-ring (bicyclic) bond motifs is 1. The lowest BCUT2D eigenvalue weighted by Crippen LogP contribution is -2.43. The van der Waals surface area contributed by atoms with E-state index >= 15 is 0 Å². The van der Waals surface area contributed by atoms with Crippen molar-refractivity contribution in [1.29, 1.82) is 0 Å². The van der Waals surface area contributed by atoms with Gasteiger partial charge in [0.05, 0.1) is 18.2 Å². The predicted octanol–water partition coefficient (Wildman–Crippen LogP) is 3.29. The molecule has 1 N–H and O–H groups in total. The van der Waals surface area contributed by atoms with Gasteiger partial charge in [-0.3, -0.25) is 4.79 Å². The largest absolute Gasteiger partial charge is 0.469 e. The molecule has 0 fully saturated rings. The van der Waals surface area contributed by atoms with Crippen LogP contribution in [0, 0.1) is 13.8 Å². The lowest BCUT2D eigenvalue weighted by molar-refractivity contribution is -0.149. The smallest absolute Gasteiger partial charge is 0.408 e. The second kappa shape index (κ2) is 5.91. The highest BCUT2D eigenvalue weighted by Gasteiger charge is 2.37. The topological polar surface area (TPSA) is 72.4 Å². The Hall–Kier alpha value is -2.84. The third-order valence-corrected chi connectivity index (χ3v) is 3.87.